The van der Waals surface area contributed by atoms with Crippen LogP contribution in [-0.4, -0.2) is 35.0 Å². The van der Waals surface area contributed by atoms with E-state index >= 15 is 0 Å². The van der Waals surface area contributed by atoms with Crippen LogP contribution in [0.15, 0.2) is 30.6 Å². The Morgan fingerprint density at radius 3 is 2.57 bits per heavy atom. The van der Waals surface area contributed by atoms with Crippen molar-refractivity contribution >= 4 is 34.1 Å². The average Bonchev–Trinajstić information content (AvgIpc) is 2.95. The number of aromatic amines is 1. The number of urea groups is 1. The number of rotatable bonds is 3. The van der Waals surface area contributed by atoms with Crippen LogP contribution < -0.4 is 15.5 Å². The Hall–Kier alpha value is -3.30. The number of hydrogen-bond donors (Lipinski definition) is 3. The molecule has 1 fully saturated rings. The van der Waals surface area contributed by atoms with E-state index in [4.69, 9.17) is 0 Å². The van der Waals surface area contributed by atoms with Gasteiger partial charge in [0, 0.05) is 17.6 Å². The fraction of sp³-hybridized carbons (Fsp3) is 0.222. The Bertz CT molecular complexity index is 1070. The zero-order chi connectivity index (χ0) is 20.1. The van der Waals surface area contributed by atoms with Crippen LogP contribution in [0.2, 0.25) is 0 Å². The van der Waals surface area contributed by atoms with Crippen LogP contribution in [0, 0.1) is 18.6 Å². The lowest BCUT2D eigenvalue weighted by Gasteiger charge is -2.40. The van der Waals surface area contributed by atoms with Gasteiger partial charge in [-0.15, -0.1) is 0 Å². The highest BCUT2D eigenvalue weighted by Crippen LogP contribution is 2.33. The third kappa shape index (κ3) is 3.32. The Morgan fingerprint density at radius 2 is 1.89 bits per heavy atom. The van der Waals surface area contributed by atoms with Gasteiger partial charge in [0.05, 0.1) is 36.2 Å². The van der Waals surface area contributed by atoms with Gasteiger partial charge < -0.3 is 20.5 Å². The number of alkyl halides is 2. The van der Waals surface area contributed by atoms with Gasteiger partial charge in [-0.1, -0.05) is 0 Å². The highest BCUT2D eigenvalue weighted by molar-refractivity contribution is 6.05. The SMILES string of the molecule is Cc1cc(NC(=O)Nc2c[nH]c3cc(F)c(F)cc23)cnc1N1CC(F)(F)C1. The van der Waals surface area contributed by atoms with Crippen LogP contribution in [0.25, 0.3) is 10.9 Å². The van der Waals surface area contributed by atoms with Crippen molar-refractivity contribution in [3.05, 3.63) is 47.8 Å². The van der Waals surface area contributed by atoms with Crippen LogP contribution in [0.4, 0.5) is 39.5 Å². The van der Waals surface area contributed by atoms with Crippen molar-refractivity contribution in [1.82, 2.24) is 9.97 Å². The molecular formula is C18H15F4N5O. The number of nitrogens with one attached hydrogen (secondary N) is 3. The molecule has 1 aromatic carbocycles. The largest absolute Gasteiger partial charge is 0.359 e. The molecule has 0 unspecified atom stereocenters. The van der Waals surface area contributed by atoms with Crippen molar-refractivity contribution in [3.8, 4) is 0 Å². The molecule has 0 spiro atoms. The number of aryl methyl sites for hydroxylation is 1. The lowest BCUT2D eigenvalue weighted by molar-refractivity contribution is -0.0267. The van der Waals surface area contributed by atoms with Gasteiger partial charge in [-0.3, -0.25) is 0 Å². The molecule has 3 aromatic rings. The summed E-state index contributed by atoms with van der Waals surface area (Å²) in [4.78, 5) is 20.6. The molecule has 146 valence electrons. The summed E-state index contributed by atoms with van der Waals surface area (Å²) in [6, 6.07) is 2.98. The first-order valence-electron chi connectivity index (χ1n) is 8.35. The van der Waals surface area contributed by atoms with Crippen LogP contribution in [-0.2, 0) is 0 Å². The summed E-state index contributed by atoms with van der Waals surface area (Å²) >= 11 is 0. The zero-order valence-corrected chi connectivity index (χ0v) is 14.6. The third-order valence-electron chi connectivity index (χ3n) is 4.42. The summed E-state index contributed by atoms with van der Waals surface area (Å²) in [5.41, 5.74) is 1.61. The molecule has 3 N–H and O–H groups in total. The number of carbonyl (C=O) groups is 1. The molecule has 0 saturated carbocycles. The molecule has 0 atom stereocenters. The Labute approximate surface area is 156 Å². The van der Waals surface area contributed by atoms with Gasteiger partial charge in [-0.25, -0.2) is 27.3 Å². The monoisotopic (exact) mass is 393 g/mol. The number of benzene rings is 1. The number of aromatic nitrogens is 2. The van der Waals surface area contributed by atoms with Crippen molar-refractivity contribution in [2.75, 3.05) is 28.6 Å². The number of fused-ring (bicyclic) bond motifs is 1. The molecule has 0 aliphatic carbocycles. The molecule has 1 saturated heterocycles. The Morgan fingerprint density at radius 1 is 1.18 bits per heavy atom. The van der Waals surface area contributed by atoms with Gasteiger partial charge in [-0.05, 0) is 24.6 Å². The molecule has 0 radical (unpaired) electrons. The summed E-state index contributed by atoms with van der Waals surface area (Å²) < 4.78 is 52.7. The Kier molecular flexibility index (Phi) is 4.13. The number of carbonyl (C=O) groups excluding carboxylic acids is 1. The number of H-pyrrole nitrogens is 1. The summed E-state index contributed by atoms with van der Waals surface area (Å²) in [6.45, 7) is 0.941. The standard InChI is InChI=1S/C18H15F4N5O/c1-9-2-10(5-24-16(9)27-7-18(21,22)8-27)25-17(28)26-15-6-23-14-4-13(20)12(19)3-11(14)15/h2-6,23H,7-8H2,1H3,(H2,25,26,28). The van der Waals surface area contributed by atoms with Gasteiger partial charge in [0.15, 0.2) is 11.6 Å². The molecule has 4 rings (SSSR count). The molecule has 1 aliphatic rings. The van der Waals surface area contributed by atoms with E-state index in [1.807, 2.05) is 0 Å². The molecule has 10 heteroatoms. The van der Waals surface area contributed by atoms with E-state index < -0.39 is 23.6 Å². The maximum Gasteiger partial charge on any atom is 0.323 e. The fourth-order valence-electron chi connectivity index (χ4n) is 3.13. The first kappa shape index (κ1) is 18.1. The predicted octanol–water partition coefficient (Wildman–Crippen LogP) is 4.25. The summed E-state index contributed by atoms with van der Waals surface area (Å²) in [7, 11) is 0. The van der Waals surface area contributed by atoms with Crippen LogP contribution >= 0.6 is 0 Å². The number of amides is 2. The third-order valence-corrected chi connectivity index (χ3v) is 4.42. The zero-order valence-electron chi connectivity index (χ0n) is 14.6. The van der Waals surface area contributed by atoms with Gasteiger partial charge in [0.25, 0.3) is 5.92 Å². The molecule has 28 heavy (non-hydrogen) atoms. The summed E-state index contributed by atoms with van der Waals surface area (Å²) in [5.74, 6) is -4.28. The normalized spacial score (nSPS) is 15.4. The average molecular weight is 393 g/mol. The lowest BCUT2D eigenvalue weighted by atomic mass is 10.1. The van der Waals surface area contributed by atoms with E-state index in [1.54, 1.807) is 13.0 Å². The van der Waals surface area contributed by atoms with E-state index in [9.17, 15) is 22.4 Å². The van der Waals surface area contributed by atoms with Crippen molar-refractivity contribution in [3.63, 3.8) is 0 Å². The number of anilines is 3. The molecule has 2 amide bonds. The highest BCUT2D eigenvalue weighted by atomic mass is 19.3. The van der Waals surface area contributed by atoms with Gasteiger partial charge >= 0.3 is 6.03 Å². The minimum atomic E-state index is -2.70. The second-order valence-corrected chi connectivity index (χ2v) is 6.67. The van der Waals surface area contributed by atoms with Crippen LogP contribution in [0.5, 0.6) is 0 Å². The molecule has 6 nitrogen and oxygen atoms in total. The second kappa shape index (κ2) is 6.39. The first-order chi connectivity index (χ1) is 13.2. The number of nitrogens with zero attached hydrogens (tertiary/aromatic N) is 2. The minimum absolute atomic E-state index is 0.274. The summed E-state index contributed by atoms with van der Waals surface area (Å²) in [5, 5.41) is 5.43. The summed E-state index contributed by atoms with van der Waals surface area (Å²) in [6.07, 6.45) is 2.78. The van der Waals surface area contributed by atoms with E-state index in [2.05, 4.69) is 20.6 Å². The molecule has 1 aliphatic heterocycles. The molecule has 3 heterocycles. The first-order valence-corrected chi connectivity index (χ1v) is 8.35. The van der Waals surface area contributed by atoms with Gasteiger partial charge in [-0.2, -0.15) is 0 Å². The van der Waals surface area contributed by atoms with E-state index in [-0.39, 0.29) is 18.8 Å². The van der Waals surface area contributed by atoms with Crippen LogP contribution in [0.1, 0.15) is 5.56 Å². The maximum atomic E-state index is 13.4. The van der Waals surface area contributed by atoms with Crippen LogP contribution in [0.3, 0.4) is 0 Å². The van der Waals surface area contributed by atoms with E-state index in [0.29, 0.717) is 28.0 Å². The minimum Gasteiger partial charge on any atom is -0.359 e. The lowest BCUT2D eigenvalue weighted by Crippen LogP contribution is -2.56. The predicted molar refractivity (Wildman–Crippen MR) is 97.0 cm³/mol. The second-order valence-electron chi connectivity index (χ2n) is 6.67. The smallest absolute Gasteiger partial charge is 0.323 e. The van der Waals surface area contributed by atoms with E-state index in [1.165, 1.54) is 17.3 Å². The number of hydrogen-bond acceptors (Lipinski definition) is 3. The van der Waals surface area contributed by atoms with Gasteiger partial charge in [0.2, 0.25) is 0 Å². The maximum absolute atomic E-state index is 13.4. The van der Waals surface area contributed by atoms with Crippen molar-refractivity contribution in [2.45, 2.75) is 12.8 Å². The number of pyridine rings is 1. The van der Waals surface area contributed by atoms with Crippen molar-refractivity contribution in [1.29, 1.82) is 0 Å². The molecular weight excluding hydrogens is 378 g/mol. The number of halogens is 4. The topological polar surface area (TPSA) is 73.0 Å². The highest BCUT2D eigenvalue weighted by Gasteiger charge is 2.44. The quantitative estimate of drug-likeness (QED) is 0.583. The molecule has 2 aromatic heterocycles. The van der Waals surface area contributed by atoms with E-state index in [0.717, 1.165) is 12.1 Å². The Balaban J connectivity index is 1.46. The fourth-order valence-corrected chi connectivity index (χ4v) is 3.13. The van der Waals surface area contributed by atoms with Crippen molar-refractivity contribution < 1.29 is 22.4 Å². The van der Waals surface area contributed by atoms with Gasteiger partial charge in [0.1, 0.15) is 5.82 Å². The molecule has 0 bridgehead atoms. The van der Waals surface area contributed by atoms with Crippen molar-refractivity contribution in [2.24, 2.45) is 0 Å².